The van der Waals surface area contributed by atoms with Crippen molar-refractivity contribution in [1.29, 1.82) is 0 Å². The minimum Gasteiger partial charge on any atom is -0.544 e. The zero-order chi connectivity index (χ0) is 19.0. The molecular formula is C21H41NO3. The summed E-state index contributed by atoms with van der Waals surface area (Å²) in [5.41, 5.74) is 0. The van der Waals surface area contributed by atoms with E-state index in [0.29, 0.717) is 23.1 Å². The number of hydrogen-bond donors (Lipinski definition) is 0. The lowest BCUT2D eigenvalue weighted by Gasteiger charge is -2.30. The standard InChI is InChI=1S/C21H41NO3/c1-4-5-6-7-8-9-10-11-12-13-16-20(23)17-14-15-18-22(2,3)19-21(24)25/h4-19H2,1-3H3. The normalized spacial score (nSPS) is 11.6. The topological polar surface area (TPSA) is 57.2 Å². The number of aliphatic carboxylic acids is 1. The molecular weight excluding hydrogens is 314 g/mol. The molecule has 4 nitrogen and oxygen atoms in total. The molecule has 148 valence electrons. The summed E-state index contributed by atoms with van der Waals surface area (Å²) < 4.78 is 0.426. The number of carbonyl (C=O) groups excluding carboxylic acids is 2. The van der Waals surface area contributed by atoms with Gasteiger partial charge >= 0.3 is 0 Å². The van der Waals surface area contributed by atoms with Crippen LogP contribution in [0.2, 0.25) is 0 Å². The van der Waals surface area contributed by atoms with Crippen molar-refractivity contribution >= 4 is 11.8 Å². The van der Waals surface area contributed by atoms with Crippen LogP contribution in [0.1, 0.15) is 96.8 Å². The second-order valence-electron chi connectivity index (χ2n) is 8.12. The fourth-order valence-electron chi connectivity index (χ4n) is 3.23. The average molecular weight is 356 g/mol. The number of carbonyl (C=O) groups is 2. The maximum Gasteiger partial charge on any atom is 0.132 e. The minimum atomic E-state index is -1.01. The molecule has 25 heavy (non-hydrogen) atoms. The third kappa shape index (κ3) is 17.7. The second kappa shape index (κ2) is 15.4. The highest BCUT2D eigenvalue weighted by Crippen LogP contribution is 2.12. The number of nitrogens with zero attached hydrogens (tertiary/aromatic N) is 1. The largest absolute Gasteiger partial charge is 0.544 e. The van der Waals surface area contributed by atoms with Crippen LogP contribution in [0, 0.1) is 0 Å². The van der Waals surface area contributed by atoms with Crippen LogP contribution in [0.5, 0.6) is 0 Å². The van der Waals surface area contributed by atoms with Gasteiger partial charge in [-0.1, -0.05) is 64.7 Å². The first kappa shape index (κ1) is 24.1. The van der Waals surface area contributed by atoms with Crippen LogP contribution in [0.15, 0.2) is 0 Å². The van der Waals surface area contributed by atoms with Gasteiger partial charge in [-0.2, -0.15) is 0 Å². The van der Waals surface area contributed by atoms with E-state index in [4.69, 9.17) is 0 Å². The number of carboxylic acid groups (broad SMARTS) is 1. The smallest absolute Gasteiger partial charge is 0.132 e. The van der Waals surface area contributed by atoms with Gasteiger partial charge in [0.25, 0.3) is 0 Å². The number of Topliss-reactive ketones (excluding diaryl/α,β-unsaturated/α-hetero) is 1. The Hall–Kier alpha value is -0.900. The van der Waals surface area contributed by atoms with Crippen molar-refractivity contribution in [3.63, 3.8) is 0 Å². The lowest BCUT2D eigenvalue weighted by Crippen LogP contribution is -2.48. The van der Waals surface area contributed by atoms with Gasteiger partial charge in [0.2, 0.25) is 0 Å². The first-order valence-electron chi connectivity index (χ1n) is 10.4. The molecule has 0 aliphatic rings. The summed E-state index contributed by atoms with van der Waals surface area (Å²) in [6.45, 7) is 3.06. The maximum absolute atomic E-state index is 11.9. The highest BCUT2D eigenvalue weighted by molar-refractivity contribution is 5.78. The summed E-state index contributed by atoms with van der Waals surface area (Å²) in [5, 5.41) is 10.6. The molecule has 0 rings (SSSR count). The third-order valence-corrected chi connectivity index (χ3v) is 4.84. The van der Waals surface area contributed by atoms with Crippen LogP contribution in [0.4, 0.5) is 0 Å². The molecule has 0 fully saturated rings. The molecule has 0 N–H and O–H groups in total. The molecule has 0 saturated carbocycles. The van der Waals surface area contributed by atoms with Gasteiger partial charge < -0.3 is 14.4 Å². The van der Waals surface area contributed by atoms with Crippen LogP contribution in [0.3, 0.4) is 0 Å². The lowest BCUT2D eigenvalue weighted by molar-refractivity contribution is -0.885. The summed E-state index contributed by atoms with van der Waals surface area (Å²) in [6.07, 6.45) is 16.0. The fourth-order valence-corrected chi connectivity index (χ4v) is 3.23. The van der Waals surface area contributed by atoms with Crippen LogP contribution < -0.4 is 5.11 Å². The third-order valence-electron chi connectivity index (χ3n) is 4.84. The second-order valence-corrected chi connectivity index (χ2v) is 8.12. The van der Waals surface area contributed by atoms with Crippen molar-refractivity contribution in [3.05, 3.63) is 0 Å². The Bertz CT molecular complexity index is 353. The van der Waals surface area contributed by atoms with E-state index in [1.165, 1.54) is 57.8 Å². The molecule has 0 unspecified atom stereocenters. The lowest BCUT2D eigenvalue weighted by atomic mass is 10.0. The Balaban J connectivity index is 3.40. The summed E-state index contributed by atoms with van der Waals surface area (Å²) in [5.74, 6) is -0.646. The first-order chi connectivity index (χ1) is 11.9. The molecule has 0 bridgehead atoms. The summed E-state index contributed by atoms with van der Waals surface area (Å²) in [6, 6.07) is 0. The number of hydrogen-bond acceptors (Lipinski definition) is 3. The Labute approximate surface area is 155 Å². The Morgan fingerprint density at radius 2 is 1.16 bits per heavy atom. The van der Waals surface area contributed by atoms with Crippen molar-refractivity contribution in [2.75, 3.05) is 27.2 Å². The van der Waals surface area contributed by atoms with Crippen LogP contribution in [-0.4, -0.2) is 43.4 Å². The number of ketones is 1. The molecule has 0 spiro atoms. The van der Waals surface area contributed by atoms with Gasteiger partial charge in [0, 0.05) is 12.8 Å². The van der Waals surface area contributed by atoms with E-state index in [9.17, 15) is 14.7 Å². The van der Waals surface area contributed by atoms with E-state index >= 15 is 0 Å². The fraction of sp³-hybridized carbons (Fsp3) is 0.905. The van der Waals surface area contributed by atoms with E-state index in [0.717, 1.165) is 25.8 Å². The van der Waals surface area contributed by atoms with E-state index in [1.54, 1.807) is 0 Å². The van der Waals surface area contributed by atoms with E-state index in [-0.39, 0.29) is 6.54 Å². The predicted octanol–water partition coefficient (Wildman–Crippen LogP) is 3.86. The van der Waals surface area contributed by atoms with Crippen molar-refractivity contribution in [2.24, 2.45) is 0 Å². The van der Waals surface area contributed by atoms with Crippen molar-refractivity contribution in [1.82, 2.24) is 0 Å². The molecule has 0 aromatic rings. The summed E-state index contributed by atoms with van der Waals surface area (Å²) in [7, 11) is 3.78. The molecule has 4 heteroatoms. The van der Waals surface area contributed by atoms with E-state index in [1.807, 2.05) is 14.1 Å². The van der Waals surface area contributed by atoms with Gasteiger partial charge in [0.15, 0.2) is 0 Å². The Morgan fingerprint density at radius 1 is 0.720 bits per heavy atom. The molecule has 0 aromatic heterocycles. The van der Waals surface area contributed by atoms with Crippen LogP contribution >= 0.6 is 0 Å². The van der Waals surface area contributed by atoms with Crippen LogP contribution in [-0.2, 0) is 9.59 Å². The van der Waals surface area contributed by atoms with Crippen LogP contribution in [0.25, 0.3) is 0 Å². The van der Waals surface area contributed by atoms with E-state index < -0.39 is 5.97 Å². The van der Waals surface area contributed by atoms with Gasteiger partial charge in [-0.15, -0.1) is 0 Å². The van der Waals surface area contributed by atoms with Gasteiger partial charge in [-0.3, -0.25) is 4.79 Å². The number of rotatable bonds is 18. The maximum atomic E-state index is 11.9. The van der Waals surface area contributed by atoms with Crippen molar-refractivity contribution < 1.29 is 19.2 Å². The number of unbranched alkanes of at least 4 members (excludes halogenated alkanes) is 10. The summed E-state index contributed by atoms with van der Waals surface area (Å²) >= 11 is 0. The predicted molar refractivity (Wildman–Crippen MR) is 102 cm³/mol. The molecule has 0 radical (unpaired) electrons. The molecule has 0 aromatic carbocycles. The zero-order valence-electron chi connectivity index (χ0n) is 17.0. The van der Waals surface area contributed by atoms with Gasteiger partial charge in [-0.25, -0.2) is 0 Å². The van der Waals surface area contributed by atoms with Gasteiger partial charge in [0.05, 0.1) is 26.6 Å². The molecule has 0 heterocycles. The monoisotopic (exact) mass is 355 g/mol. The number of carboxylic acids is 1. The minimum absolute atomic E-state index is 0.0343. The zero-order valence-corrected chi connectivity index (χ0v) is 17.0. The number of quaternary nitrogens is 1. The average Bonchev–Trinajstić information content (AvgIpc) is 2.52. The highest BCUT2D eigenvalue weighted by Gasteiger charge is 2.14. The first-order valence-corrected chi connectivity index (χ1v) is 10.4. The molecule has 0 atom stereocenters. The Morgan fingerprint density at radius 3 is 1.64 bits per heavy atom. The molecule has 0 aliphatic carbocycles. The Kier molecular flexibility index (Phi) is 14.8. The SMILES string of the molecule is CCCCCCCCCCCCC(=O)CCCC[N+](C)(C)CC(=O)[O-]. The van der Waals surface area contributed by atoms with Gasteiger partial charge in [-0.05, 0) is 19.3 Å². The van der Waals surface area contributed by atoms with Gasteiger partial charge in [0.1, 0.15) is 12.3 Å². The van der Waals surface area contributed by atoms with E-state index in [2.05, 4.69) is 6.92 Å². The van der Waals surface area contributed by atoms with Crippen molar-refractivity contribution in [2.45, 2.75) is 96.8 Å². The summed E-state index contributed by atoms with van der Waals surface area (Å²) in [4.78, 5) is 22.5. The molecule has 0 amide bonds. The highest BCUT2D eigenvalue weighted by atomic mass is 16.4. The van der Waals surface area contributed by atoms with Crippen molar-refractivity contribution in [3.8, 4) is 0 Å². The molecule has 0 aliphatic heterocycles. The quantitative estimate of drug-likeness (QED) is 0.277. The number of likely N-dealkylation sites (N-methyl/N-ethyl adjacent to an activating group) is 1. The molecule has 0 saturated heterocycles.